The van der Waals surface area contributed by atoms with E-state index in [1.54, 1.807) is 40.9 Å². The van der Waals surface area contributed by atoms with Gasteiger partial charge in [-0.05, 0) is 52.8 Å². The average molecular weight is 494 g/mol. The molecule has 4 aromatic rings. The van der Waals surface area contributed by atoms with Gasteiger partial charge in [0.15, 0.2) is 17.3 Å². The van der Waals surface area contributed by atoms with E-state index in [-0.39, 0.29) is 23.6 Å². The van der Waals surface area contributed by atoms with Gasteiger partial charge in [-0.25, -0.2) is 28.3 Å². The number of aryl methyl sites for hydroxylation is 1. The Morgan fingerprint density at radius 1 is 1.11 bits per heavy atom. The second-order valence-electron chi connectivity index (χ2n) is 10.1. The predicted molar refractivity (Wildman–Crippen MR) is 133 cm³/mol. The van der Waals surface area contributed by atoms with Gasteiger partial charge in [0.05, 0.1) is 11.4 Å². The molecule has 1 unspecified atom stereocenters. The Hall–Kier alpha value is -4.02. The van der Waals surface area contributed by atoms with Gasteiger partial charge in [-0.15, -0.1) is 0 Å². The summed E-state index contributed by atoms with van der Waals surface area (Å²) in [5.74, 6) is -0.376. The second kappa shape index (κ2) is 8.58. The summed E-state index contributed by atoms with van der Waals surface area (Å²) in [5.41, 5.74) is 1.42. The number of hydrogen-bond donors (Lipinski definition) is 0. The number of carbonyl (C=O) groups excluding carboxylic acids is 1. The molecular formula is C25H28FN7O3. The first-order valence-electron chi connectivity index (χ1n) is 11.8. The van der Waals surface area contributed by atoms with Crippen molar-refractivity contribution in [1.82, 2.24) is 28.7 Å². The number of fused-ring (bicyclic) bond motifs is 2. The topological polar surface area (TPSA) is 97.3 Å². The van der Waals surface area contributed by atoms with Crippen molar-refractivity contribution >= 4 is 23.1 Å². The molecular weight excluding hydrogens is 465 g/mol. The zero-order valence-electron chi connectivity index (χ0n) is 20.9. The number of nitrogens with zero attached hydrogens (tertiary/aromatic N) is 7. The van der Waals surface area contributed by atoms with Crippen molar-refractivity contribution in [3.05, 3.63) is 58.8 Å². The van der Waals surface area contributed by atoms with Crippen molar-refractivity contribution in [2.75, 3.05) is 24.5 Å². The van der Waals surface area contributed by atoms with Crippen molar-refractivity contribution in [3.8, 4) is 11.4 Å². The summed E-state index contributed by atoms with van der Waals surface area (Å²) in [7, 11) is 0. The van der Waals surface area contributed by atoms with E-state index in [0.717, 1.165) is 5.69 Å². The standard InChI is InChI=1S/C25H28FN7O3/c1-15-11-31-13-17(10-19(26)22(31)27-15)21-28-20-7-6-18(14-33(20)23(34)29-21)30-8-9-32(16(2)12-30)24(35)36-25(3,4)5/h6-7,10-11,13-14,16H,8-9,12H2,1-5H3. The molecule has 1 fully saturated rings. The predicted octanol–water partition coefficient (Wildman–Crippen LogP) is 3.30. The fourth-order valence-electron chi connectivity index (χ4n) is 4.41. The number of halogens is 1. The van der Waals surface area contributed by atoms with Crippen LogP contribution in [-0.2, 0) is 4.74 Å². The van der Waals surface area contributed by atoms with Crippen LogP contribution in [0.15, 0.2) is 41.6 Å². The van der Waals surface area contributed by atoms with Crippen LogP contribution in [-0.4, -0.2) is 66.0 Å². The lowest BCUT2D eigenvalue weighted by Gasteiger charge is -2.41. The van der Waals surface area contributed by atoms with Crippen molar-refractivity contribution in [2.24, 2.45) is 0 Å². The number of aromatic nitrogens is 5. The normalized spacial score (nSPS) is 16.7. The van der Waals surface area contributed by atoms with Gasteiger partial charge in [0.2, 0.25) is 0 Å². The summed E-state index contributed by atoms with van der Waals surface area (Å²) in [6.07, 6.45) is 4.72. The van der Waals surface area contributed by atoms with E-state index in [1.165, 1.54) is 10.5 Å². The molecule has 1 saturated heterocycles. The van der Waals surface area contributed by atoms with Crippen LogP contribution in [0.25, 0.3) is 22.7 Å². The summed E-state index contributed by atoms with van der Waals surface area (Å²) < 4.78 is 23.0. The Morgan fingerprint density at radius 3 is 2.61 bits per heavy atom. The van der Waals surface area contributed by atoms with E-state index in [9.17, 15) is 14.0 Å². The fourth-order valence-corrected chi connectivity index (χ4v) is 4.41. The average Bonchev–Trinajstić information content (AvgIpc) is 3.18. The van der Waals surface area contributed by atoms with Crippen molar-refractivity contribution < 1.29 is 13.9 Å². The number of carbonyl (C=O) groups is 1. The summed E-state index contributed by atoms with van der Waals surface area (Å²) in [6, 6.07) is 4.83. The third kappa shape index (κ3) is 4.48. The van der Waals surface area contributed by atoms with E-state index < -0.39 is 17.1 Å². The van der Waals surface area contributed by atoms with Crippen LogP contribution in [0.1, 0.15) is 33.4 Å². The Kier molecular flexibility index (Phi) is 5.65. The van der Waals surface area contributed by atoms with E-state index in [1.807, 2.05) is 33.8 Å². The van der Waals surface area contributed by atoms with Crippen LogP contribution in [0.5, 0.6) is 0 Å². The molecule has 5 heterocycles. The second-order valence-corrected chi connectivity index (χ2v) is 10.1. The first-order chi connectivity index (χ1) is 17.0. The van der Waals surface area contributed by atoms with Gasteiger partial charge in [-0.1, -0.05) is 0 Å². The van der Waals surface area contributed by atoms with Gasteiger partial charge in [0.25, 0.3) is 0 Å². The molecule has 188 valence electrons. The molecule has 5 rings (SSSR count). The smallest absolute Gasteiger partial charge is 0.410 e. The summed E-state index contributed by atoms with van der Waals surface area (Å²) in [4.78, 5) is 42.0. The zero-order valence-corrected chi connectivity index (χ0v) is 20.9. The lowest BCUT2D eigenvalue weighted by molar-refractivity contribution is 0.0159. The first kappa shape index (κ1) is 23.7. The van der Waals surface area contributed by atoms with Crippen LogP contribution in [0.2, 0.25) is 0 Å². The van der Waals surface area contributed by atoms with Crippen molar-refractivity contribution in [1.29, 1.82) is 0 Å². The lowest BCUT2D eigenvalue weighted by Crippen LogP contribution is -2.55. The number of ether oxygens (including phenoxy) is 1. The Labute approximate surface area is 207 Å². The number of pyridine rings is 2. The maximum absolute atomic E-state index is 14.5. The fraction of sp³-hybridized carbons (Fsp3) is 0.400. The number of hydrogen-bond acceptors (Lipinski definition) is 7. The monoisotopic (exact) mass is 493 g/mol. The number of piperazine rings is 1. The minimum Gasteiger partial charge on any atom is -0.444 e. The van der Waals surface area contributed by atoms with Crippen molar-refractivity contribution in [2.45, 2.75) is 46.3 Å². The highest BCUT2D eigenvalue weighted by Gasteiger charge is 2.31. The summed E-state index contributed by atoms with van der Waals surface area (Å²) in [6.45, 7) is 11.0. The van der Waals surface area contributed by atoms with Gasteiger partial charge in [-0.2, -0.15) is 4.98 Å². The van der Waals surface area contributed by atoms with Gasteiger partial charge >= 0.3 is 11.8 Å². The van der Waals surface area contributed by atoms with Crippen molar-refractivity contribution in [3.63, 3.8) is 0 Å². The van der Waals surface area contributed by atoms with Crippen LogP contribution in [0.3, 0.4) is 0 Å². The van der Waals surface area contributed by atoms with E-state index in [2.05, 4.69) is 19.9 Å². The van der Waals surface area contributed by atoms with Gasteiger partial charge in [0, 0.05) is 49.8 Å². The molecule has 4 aromatic heterocycles. The Bertz CT molecular complexity index is 1540. The van der Waals surface area contributed by atoms with E-state index >= 15 is 0 Å². The third-order valence-electron chi connectivity index (χ3n) is 6.05. The summed E-state index contributed by atoms with van der Waals surface area (Å²) >= 11 is 0. The minimum atomic E-state index is -0.554. The minimum absolute atomic E-state index is 0.0729. The highest BCUT2D eigenvalue weighted by Crippen LogP contribution is 2.23. The largest absolute Gasteiger partial charge is 0.444 e. The number of rotatable bonds is 2. The van der Waals surface area contributed by atoms with Crippen LogP contribution >= 0.6 is 0 Å². The highest BCUT2D eigenvalue weighted by atomic mass is 19.1. The molecule has 1 aliphatic heterocycles. The number of imidazole rings is 1. The molecule has 0 radical (unpaired) electrons. The van der Waals surface area contributed by atoms with E-state index in [0.29, 0.717) is 36.5 Å². The molecule has 0 bridgehead atoms. The molecule has 1 aliphatic rings. The SMILES string of the molecule is Cc1cn2cc(-c3nc(=O)n4cc(N5CCN(C(=O)OC(C)(C)C)C(C)C5)ccc4n3)cc(F)c2n1. The zero-order chi connectivity index (χ0) is 25.8. The number of anilines is 1. The summed E-state index contributed by atoms with van der Waals surface area (Å²) in [5, 5.41) is 0. The third-order valence-corrected chi connectivity index (χ3v) is 6.05. The molecule has 1 amide bonds. The molecule has 0 saturated carbocycles. The maximum Gasteiger partial charge on any atom is 0.410 e. The molecule has 0 aromatic carbocycles. The quantitative estimate of drug-likeness (QED) is 0.423. The number of amides is 1. The van der Waals surface area contributed by atoms with Gasteiger partial charge in [0.1, 0.15) is 11.2 Å². The van der Waals surface area contributed by atoms with E-state index in [4.69, 9.17) is 4.74 Å². The molecule has 11 heteroatoms. The molecule has 1 atom stereocenters. The Balaban J connectivity index is 1.41. The molecule has 36 heavy (non-hydrogen) atoms. The molecule has 10 nitrogen and oxygen atoms in total. The van der Waals surface area contributed by atoms with Crippen LogP contribution in [0, 0.1) is 12.7 Å². The van der Waals surface area contributed by atoms with Gasteiger partial charge in [-0.3, -0.25) is 0 Å². The van der Waals surface area contributed by atoms with Gasteiger partial charge < -0.3 is 18.9 Å². The maximum atomic E-state index is 14.5. The first-order valence-corrected chi connectivity index (χ1v) is 11.8. The molecule has 0 spiro atoms. The Morgan fingerprint density at radius 2 is 1.89 bits per heavy atom. The lowest BCUT2D eigenvalue weighted by atomic mass is 10.1. The van der Waals surface area contributed by atoms with Crippen LogP contribution in [0.4, 0.5) is 14.9 Å². The molecule has 0 aliphatic carbocycles. The van der Waals surface area contributed by atoms with Crippen LogP contribution < -0.4 is 10.6 Å². The highest BCUT2D eigenvalue weighted by molar-refractivity contribution is 5.69. The molecule has 0 N–H and O–H groups in total.